The maximum Gasteiger partial charge on any atom is 0.323 e. The number of allylic oxidation sites excluding steroid dienone is 4. The van der Waals surface area contributed by atoms with E-state index in [0.29, 0.717) is 28.4 Å². The molecule has 34 heavy (non-hydrogen) atoms. The minimum Gasteiger partial charge on any atom is -0.481 e. The third-order valence-electron chi connectivity index (χ3n) is 5.10. The predicted octanol–water partition coefficient (Wildman–Crippen LogP) is 6.32. The van der Waals surface area contributed by atoms with Crippen molar-refractivity contribution >= 4 is 35.1 Å². The third-order valence-corrected chi connectivity index (χ3v) is 5.34. The number of benzene rings is 2. The van der Waals surface area contributed by atoms with Gasteiger partial charge in [-0.05, 0) is 68.7 Å². The largest absolute Gasteiger partial charge is 0.481 e. The maximum absolute atomic E-state index is 12.4. The average Bonchev–Trinajstić information content (AvgIpc) is 2.76. The summed E-state index contributed by atoms with van der Waals surface area (Å²) in [5.74, 6) is -1.21. The van der Waals surface area contributed by atoms with Crippen LogP contribution >= 0.6 is 11.6 Å². The first kappa shape index (κ1) is 26.6. The van der Waals surface area contributed by atoms with Crippen molar-refractivity contribution < 1.29 is 19.5 Å². The molecule has 0 aliphatic rings. The fourth-order valence-electron chi connectivity index (χ4n) is 3.05. The van der Waals surface area contributed by atoms with Gasteiger partial charge in [-0.1, -0.05) is 54.6 Å². The Labute approximate surface area is 205 Å². The summed E-state index contributed by atoms with van der Waals surface area (Å²) in [6.07, 6.45) is 7.41. The average molecular weight is 481 g/mol. The van der Waals surface area contributed by atoms with Gasteiger partial charge in [-0.15, -0.1) is 0 Å². The molecule has 0 saturated carbocycles. The first-order chi connectivity index (χ1) is 16.0. The molecule has 0 radical (unpaired) electrons. The lowest BCUT2D eigenvalue weighted by Crippen LogP contribution is -2.27. The molecule has 0 atom stereocenters. The number of carboxylic acids is 1. The van der Waals surface area contributed by atoms with Crippen LogP contribution < -0.4 is 10.6 Å². The first-order valence-electron chi connectivity index (χ1n) is 10.7. The molecule has 0 unspecified atom stereocenters. The number of aryl methyl sites for hydroxylation is 1. The van der Waals surface area contributed by atoms with Crippen LogP contribution in [0.2, 0.25) is 5.02 Å². The van der Waals surface area contributed by atoms with Crippen LogP contribution in [0.1, 0.15) is 41.8 Å². The number of carbonyl (C=O) groups is 3. The van der Waals surface area contributed by atoms with Crippen molar-refractivity contribution in [1.29, 1.82) is 0 Å². The Morgan fingerprint density at radius 3 is 2.38 bits per heavy atom. The van der Waals surface area contributed by atoms with E-state index in [1.165, 1.54) is 13.8 Å². The van der Waals surface area contributed by atoms with Crippen molar-refractivity contribution in [2.45, 2.75) is 33.6 Å². The molecule has 7 heteroatoms. The van der Waals surface area contributed by atoms with Gasteiger partial charge in [0.1, 0.15) is 0 Å². The van der Waals surface area contributed by atoms with Crippen LogP contribution in [0.25, 0.3) is 0 Å². The van der Waals surface area contributed by atoms with Crippen molar-refractivity contribution in [3.63, 3.8) is 0 Å². The van der Waals surface area contributed by atoms with E-state index >= 15 is 0 Å². The van der Waals surface area contributed by atoms with Gasteiger partial charge in [0, 0.05) is 28.4 Å². The van der Waals surface area contributed by atoms with E-state index in [1.807, 2.05) is 25.1 Å². The summed E-state index contributed by atoms with van der Waals surface area (Å²) >= 11 is 5.95. The standard InChI is InChI=1S/C27H29ClN2O4/c1-5-7-22(29-26(34)30-23-15-14-21(28)16-18(23)2)9-6-8-19-10-12-20(13-11-19)24(31)17-27(3,4)25(32)33/h5-7,9-16H,1,8,17H2,2-4H3,(H,32,33)(H2,29,30,34)/b9-6-,22-7+. The van der Waals surface area contributed by atoms with Crippen LogP contribution in [0.4, 0.5) is 10.5 Å². The second kappa shape index (κ2) is 12.0. The number of rotatable bonds is 10. The normalized spacial score (nSPS) is 11.8. The maximum atomic E-state index is 12.4. The number of halogens is 1. The van der Waals surface area contributed by atoms with Crippen LogP contribution in [0.5, 0.6) is 0 Å². The van der Waals surface area contributed by atoms with Crippen molar-refractivity contribution in [3.05, 3.63) is 101 Å². The number of urea groups is 1. The molecule has 0 bridgehead atoms. The zero-order valence-corrected chi connectivity index (χ0v) is 20.3. The molecule has 0 saturated heterocycles. The van der Waals surface area contributed by atoms with E-state index in [0.717, 1.165) is 11.1 Å². The fraction of sp³-hybridized carbons (Fsp3) is 0.222. The highest BCUT2D eigenvalue weighted by Gasteiger charge is 2.30. The summed E-state index contributed by atoms with van der Waals surface area (Å²) in [4.78, 5) is 36.0. The molecule has 6 nitrogen and oxygen atoms in total. The van der Waals surface area contributed by atoms with Gasteiger partial charge in [-0.3, -0.25) is 9.59 Å². The topological polar surface area (TPSA) is 95.5 Å². The number of hydrogen-bond donors (Lipinski definition) is 3. The molecule has 0 spiro atoms. The Kier molecular flexibility index (Phi) is 9.39. The number of carbonyl (C=O) groups excluding carboxylic acids is 2. The molecule has 0 fully saturated rings. The summed E-state index contributed by atoms with van der Waals surface area (Å²) in [5.41, 5.74) is 2.39. The molecule has 178 valence electrons. The summed E-state index contributed by atoms with van der Waals surface area (Å²) in [6, 6.07) is 11.9. The van der Waals surface area contributed by atoms with E-state index in [4.69, 9.17) is 11.6 Å². The van der Waals surface area contributed by atoms with Gasteiger partial charge in [0.05, 0.1) is 5.41 Å². The Morgan fingerprint density at radius 2 is 1.79 bits per heavy atom. The summed E-state index contributed by atoms with van der Waals surface area (Å²) in [6.45, 7) is 8.60. The van der Waals surface area contributed by atoms with Gasteiger partial charge in [0.2, 0.25) is 0 Å². The van der Waals surface area contributed by atoms with Gasteiger partial charge >= 0.3 is 12.0 Å². The summed E-state index contributed by atoms with van der Waals surface area (Å²) in [7, 11) is 0. The van der Waals surface area contributed by atoms with Crippen LogP contribution in [-0.2, 0) is 11.2 Å². The highest BCUT2D eigenvalue weighted by atomic mass is 35.5. The van der Waals surface area contributed by atoms with Crippen molar-refractivity contribution in [3.8, 4) is 0 Å². The zero-order chi connectivity index (χ0) is 25.3. The Hall–Kier alpha value is -3.64. The molecular formula is C27H29ClN2O4. The molecule has 3 N–H and O–H groups in total. The smallest absolute Gasteiger partial charge is 0.323 e. The Morgan fingerprint density at radius 1 is 1.12 bits per heavy atom. The number of amides is 2. The van der Waals surface area contributed by atoms with Crippen LogP contribution in [-0.4, -0.2) is 22.9 Å². The van der Waals surface area contributed by atoms with Gasteiger partial charge in [-0.2, -0.15) is 0 Å². The van der Waals surface area contributed by atoms with E-state index in [-0.39, 0.29) is 12.2 Å². The van der Waals surface area contributed by atoms with Gasteiger partial charge < -0.3 is 15.7 Å². The third kappa shape index (κ3) is 8.05. The number of nitrogens with one attached hydrogen (secondary N) is 2. The monoisotopic (exact) mass is 480 g/mol. The summed E-state index contributed by atoms with van der Waals surface area (Å²) in [5, 5.41) is 15.4. The van der Waals surface area contributed by atoms with Crippen LogP contribution in [0, 0.1) is 12.3 Å². The van der Waals surface area contributed by atoms with Gasteiger partial charge in [0.25, 0.3) is 0 Å². The second-order valence-corrected chi connectivity index (χ2v) is 8.92. The molecule has 2 amide bonds. The molecule has 2 rings (SSSR count). The molecule has 0 aromatic heterocycles. The van der Waals surface area contributed by atoms with Crippen LogP contribution in [0.15, 0.2) is 79.0 Å². The number of Topliss-reactive ketones (excluding diaryl/α,β-unsaturated/α-hetero) is 1. The fourth-order valence-corrected chi connectivity index (χ4v) is 3.27. The highest BCUT2D eigenvalue weighted by Crippen LogP contribution is 2.23. The molecule has 0 heterocycles. The highest BCUT2D eigenvalue weighted by molar-refractivity contribution is 6.30. The SMILES string of the molecule is C=C/C=C(\C=C/Cc1ccc(C(=O)CC(C)(C)C(=O)O)cc1)NC(=O)Nc1ccc(Cl)cc1C. The van der Waals surface area contributed by atoms with E-state index < -0.39 is 17.4 Å². The number of aliphatic carboxylic acids is 1. The zero-order valence-electron chi connectivity index (χ0n) is 19.5. The molecule has 2 aromatic carbocycles. The van der Waals surface area contributed by atoms with Crippen molar-refractivity contribution in [2.24, 2.45) is 5.41 Å². The second-order valence-electron chi connectivity index (χ2n) is 8.49. The minimum atomic E-state index is -1.11. The van der Waals surface area contributed by atoms with Gasteiger partial charge in [0.15, 0.2) is 5.78 Å². The van der Waals surface area contributed by atoms with E-state index in [1.54, 1.807) is 48.6 Å². The van der Waals surface area contributed by atoms with Crippen molar-refractivity contribution in [2.75, 3.05) is 5.32 Å². The minimum absolute atomic E-state index is 0.0689. The number of carboxylic acid groups (broad SMARTS) is 1. The molecule has 0 aliphatic carbocycles. The van der Waals surface area contributed by atoms with E-state index in [9.17, 15) is 19.5 Å². The van der Waals surface area contributed by atoms with Crippen LogP contribution in [0.3, 0.4) is 0 Å². The number of anilines is 1. The molecule has 0 aliphatic heterocycles. The quantitative estimate of drug-likeness (QED) is 0.274. The van der Waals surface area contributed by atoms with E-state index in [2.05, 4.69) is 17.2 Å². The lowest BCUT2D eigenvalue weighted by Gasteiger charge is -2.17. The Bertz CT molecular complexity index is 1130. The first-order valence-corrected chi connectivity index (χ1v) is 11.1. The lowest BCUT2D eigenvalue weighted by molar-refractivity contribution is -0.146. The number of hydrogen-bond acceptors (Lipinski definition) is 3. The lowest BCUT2D eigenvalue weighted by atomic mass is 9.85. The van der Waals surface area contributed by atoms with Crippen molar-refractivity contribution in [1.82, 2.24) is 5.32 Å². The molecular weight excluding hydrogens is 452 g/mol. The predicted molar refractivity (Wildman–Crippen MR) is 136 cm³/mol. The summed E-state index contributed by atoms with van der Waals surface area (Å²) < 4.78 is 0. The van der Waals surface area contributed by atoms with Gasteiger partial charge in [-0.25, -0.2) is 4.79 Å². The molecule has 2 aromatic rings. The Balaban J connectivity index is 1.96. The number of ketones is 1.